The summed E-state index contributed by atoms with van der Waals surface area (Å²) in [5, 5.41) is 6.66. The third-order valence-corrected chi connectivity index (χ3v) is 5.61. The second-order valence-corrected chi connectivity index (χ2v) is 7.73. The van der Waals surface area contributed by atoms with Crippen LogP contribution in [0.4, 0.5) is 11.8 Å². The van der Waals surface area contributed by atoms with Crippen molar-refractivity contribution in [3.8, 4) is 0 Å². The molecule has 1 aromatic rings. The number of carbonyl (C=O) groups is 2. The maximum absolute atomic E-state index is 11.8. The zero-order valence-corrected chi connectivity index (χ0v) is 16.6. The Balaban J connectivity index is 1.65. The van der Waals surface area contributed by atoms with Crippen LogP contribution in [-0.4, -0.2) is 65.6 Å². The predicted octanol–water partition coefficient (Wildman–Crippen LogP) is 1.23. The summed E-state index contributed by atoms with van der Waals surface area (Å²) in [7, 11) is 1.73. The third kappa shape index (κ3) is 5.09. The van der Waals surface area contributed by atoms with Crippen LogP contribution < -0.4 is 16.4 Å². The van der Waals surface area contributed by atoms with Gasteiger partial charge in [0.2, 0.25) is 11.9 Å². The van der Waals surface area contributed by atoms with Crippen molar-refractivity contribution in [2.75, 3.05) is 37.4 Å². The summed E-state index contributed by atoms with van der Waals surface area (Å²) < 4.78 is 5.25. The van der Waals surface area contributed by atoms with Gasteiger partial charge < -0.3 is 26.0 Å². The van der Waals surface area contributed by atoms with Crippen molar-refractivity contribution >= 4 is 23.6 Å². The highest BCUT2D eigenvalue weighted by molar-refractivity contribution is 5.97. The zero-order valence-electron chi connectivity index (χ0n) is 16.6. The van der Waals surface area contributed by atoms with Gasteiger partial charge in [0.25, 0.3) is 5.91 Å². The smallest absolute Gasteiger partial charge is 0.254 e. The quantitative estimate of drug-likeness (QED) is 0.640. The Hall–Kier alpha value is -2.42. The lowest BCUT2D eigenvalue weighted by Gasteiger charge is -2.29. The summed E-state index contributed by atoms with van der Waals surface area (Å²) in [4.78, 5) is 33.9. The van der Waals surface area contributed by atoms with E-state index in [0.717, 1.165) is 45.3 Å². The first-order chi connectivity index (χ1) is 13.5. The number of methoxy groups -OCH3 is 1. The van der Waals surface area contributed by atoms with E-state index in [4.69, 9.17) is 10.5 Å². The molecular weight excluding hydrogens is 360 g/mol. The van der Waals surface area contributed by atoms with Gasteiger partial charge in [-0.3, -0.25) is 9.59 Å². The van der Waals surface area contributed by atoms with E-state index < -0.39 is 5.91 Å². The molecule has 2 heterocycles. The Morgan fingerprint density at radius 2 is 1.96 bits per heavy atom. The van der Waals surface area contributed by atoms with Crippen molar-refractivity contribution in [1.82, 2.24) is 14.9 Å². The summed E-state index contributed by atoms with van der Waals surface area (Å²) in [6.07, 6.45) is 6.46. The highest BCUT2D eigenvalue weighted by Gasteiger charge is 2.26. The maximum atomic E-state index is 11.8. The molecule has 3 rings (SSSR count). The fourth-order valence-corrected chi connectivity index (χ4v) is 3.99. The number of nitrogens with two attached hydrogens (primary N) is 1. The van der Waals surface area contributed by atoms with Crippen LogP contribution in [-0.2, 0) is 9.53 Å². The molecule has 1 aromatic heterocycles. The molecule has 2 aliphatic rings. The number of primary amides is 1. The monoisotopic (exact) mass is 390 g/mol. The summed E-state index contributed by atoms with van der Waals surface area (Å²) in [6, 6.07) is 0.342. The van der Waals surface area contributed by atoms with Gasteiger partial charge >= 0.3 is 0 Å². The fraction of sp³-hybridized carbons (Fsp3) is 0.684. The molecule has 0 unspecified atom stereocenters. The van der Waals surface area contributed by atoms with E-state index >= 15 is 0 Å². The summed E-state index contributed by atoms with van der Waals surface area (Å²) in [6.45, 7) is 3.72. The normalized spacial score (nSPS) is 24.8. The minimum atomic E-state index is -0.550. The zero-order chi connectivity index (χ0) is 20.1. The molecule has 2 fully saturated rings. The Kier molecular flexibility index (Phi) is 6.66. The second kappa shape index (κ2) is 9.18. The predicted molar refractivity (Wildman–Crippen MR) is 106 cm³/mol. The van der Waals surface area contributed by atoms with Gasteiger partial charge in [0.15, 0.2) is 0 Å². The van der Waals surface area contributed by atoms with Gasteiger partial charge in [-0.1, -0.05) is 0 Å². The molecule has 0 bridgehead atoms. The molecule has 1 atom stereocenters. The van der Waals surface area contributed by atoms with E-state index in [9.17, 15) is 9.59 Å². The molecule has 1 aliphatic carbocycles. The summed E-state index contributed by atoms with van der Waals surface area (Å²) in [5.41, 5.74) is 5.80. The van der Waals surface area contributed by atoms with Crippen LogP contribution in [0.5, 0.6) is 0 Å². The lowest BCUT2D eigenvalue weighted by molar-refractivity contribution is -0.127. The van der Waals surface area contributed by atoms with E-state index in [0.29, 0.717) is 29.8 Å². The number of anilines is 2. The van der Waals surface area contributed by atoms with E-state index in [-0.39, 0.29) is 18.0 Å². The van der Waals surface area contributed by atoms with Gasteiger partial charge in [0.05, 0.1) is 5.56 Å². The number of rotatable bonds is 7. The number of hydrogen-bond acceptors (Lipinski definition) is 7. The molecule has 0 aromatic carbocycles. The first-order valence-corrected chi connectivity index (χ1v) is 9.90. The van der Waals surface area contributed by atoms with Crippen molar-refractivity contribution in [3.63, 3.8) is 0 Å². The number of likely N-dealkylation sites (tertiary alicyclic amines) is 1. The molecule has 0 spiro atoms. The van der Waals surface area contributed by atoms with E-state index in [1.54, 1.807) is 18.9 Å². The number of ether oxygens (including phenoxy) is 1. The molecule has 4 N–H and O–H groups in total. The van der Waals surface area contributed by atoms with Crippen LogP contribution in [0.1, 0.15) is 49.4 Å². The SMILES string of the molecule is COC[C@H]1CC[C@@H](Nc2nc(N[C@@H]3CCN(C(C)=O)C3)ncc2C(N)=O)CC1. The first-order valence-electron chi connectivity index (χ1n) is 9.90. The average molecular weight is 390 g/mol. The second-order valence-electron chi connectivity index (χ2n) is 7.73. The molecule has 0 radical (unpaired) electrons. The summed E-state index contributed by atoms with van der Waals surface area (Å²) in [5.74, 6) is 1.02. The molecule has 154 valence electrons. The van der Waals surface area contributed by atoms with Crippen LogP contribution in [0.15, 0.2) is 6.20 Å². The van der Waals surface area contributed by atoms with Crippen molar-refractivity contribution in [2.45, 2.75) is 51.1 Å². The minimum Gasteiger partial charge on any atom is -0.384 e. The van der Waals surface area contributed by atoms with Gasteiger partial charge in [-0.2, -0.15) is 4.98 Å². The van der Waals surface area contributed by atoms with Crippen LogP contribution >= 0.6 is 0 Å². The lowest BCUT2D eigenvalue weighted by atomic mass is 9.86. The minimum absolute atomic E-state index is 0.0701. The number of hydrogen-bond donors (Lipinski definition) is 3. The maximum Gasteiger partial charge on any atom is 0.254 e. The topological polar surface area (TPSA) is 122 Å². The van der Waals surface area contributed by atoms with Gasteiger partial charge in [-0.25, -0.2) is 4.98 Å². The lowest BCUT2D eigenvalue weighted by Crippen LogP contribution is -2.31. The molecular formula is C19H30N6O3. The van der Waals surface area contributed by atoms with Crippen molar-refractivity contribution in [2.24, 2.45) is 11.7 Å². The average Bonchev–Trinajstić information content (AvgIpc) is 3.12. The van der Waals surface area contributed by atoms with E-state index in [1.165, 1.54) is 6.20 Å². The Morgan fingerprint density at radius 1 is 1.21 bits per heavy atom. The number of amides is 2. The Bertz CT molecular complexity index is 705. The van der Waals surface area contributed by atoms with Crippen LogP contribution in [0.3, 0.4) is 0 Å². The van der Waals surface area contributed by atoms with Crippen molar-refractivity contribution in [3.05, 3.63) is 11.8 Å². The highest BCUT2D eigenvalue weighted by atomic mass is 16.5. The number of aromatic nitrogens is 2. The molecule has 1 saturated heterocycles. The molecule has 1 aliphatic heterocycles. The Morgan fingerprint density at radius 3 is 2.57 bits per heavy atom. The number of nitrogens with one attached hydrogen (secondary N) is 2. The third-order valence-electron chi connectivity index (χ3n) is 5.61. The highest BCUT2D eigenvalue weighted by Crippen LogP contribution is 2.27. The van der Waals surface area contributed by atoms with Gasteiger partial charge in [-0.15, -0.1) is 0 Å². The first kappa shape index (κ1) is 20.3. The summed E-state index contributed by atoms with van der Waals surface area (Å²) >= 11 is 0. The van der Waals surface area contributed by atoms with Crippen LogP contribution in [0, 0.1) is 5.92 Å². The molecule has 2 amide bonds. The van der Waals surface area contributed by atoms with Gasteiger partial charge in [0, 0.05) is 52.0 Å². The van der Waals surface area contributed by atoms with Crippen molar-refractivity contribution in [1.29, 1.82) is 0 Å². The fourth-order valence-electron chi connectivity index (χ4n) is 3.99. The Labute approximate surface area is 165 Å². The molecule has 1 saturated carbocycles. The molecule has 28 heavy (non-hydrogen) atoms. The van der Waals surface area contributed by atoms with Crippen LogP contribution in [0.2, 0.25) is 0 Å². The van der Waals surface area contributed by atoms with Crippen LogP contribution in [0.25, 0.3) is 0 Å². The van der Waals surface area contributed by atoms with Gasteiger partial charge in [-0.05, 0) is 38.0 Å². The number of nitrogens with zero attached hydrogens (tertiary/aromatic N) is 3. The largest absolute Gasteiger partial charge is 0.384 e. The van der Waals surface area contributed by atoms with Gasteiger partial charge in [0.1, 0.15) is 5.82 Å². The molecule has 9 nitrogen and oxygen atoms in total. The molecule has 9 heteroatoms. The van der Waals surface area contributed by atoms with E-state index in [2.05, 4.69) is 20.6 Å². The number of carbonyl (C=O) groups excluding carboxylic acids is 2. The van der Waals surface area contributed by atoms with Crippen molar-refractivity contribution < 1.29 is 14.3 Å². The standard InChI is InChI=1S/C19H30N6O3/c1-12(26)25-8-7-15(10-25)23-19-21-9-16(17(20)27)18(24-19)22-14-5-3-13(4-6-14)11-28-2/h9,13-15H,3-8,10-11H2,1-2H3,(H2,20,27)(H2,21,22,23,24)/t13-,14+,15-/m1/s1. The van der Waals surface area contributed by atoms with E-state index in [1.807, 2.05) is 0 Å².